The molecule has 4 rings (SSSR count). The second kappa shape index (κ2) is 8.71. The van der Waals surface area contributed by atoms with Crippen LogP contribution >= 0.6 is 51.3 Å². The maximum absolute atomic E-state index is 6.10. The molecule has 1 aromatic heterocycles. The molecule has 146 valence electrons. The topological polar surface area (TPSA) is 41.9 Å². The molecular formula is C21H15BrCl2N4S. The van der Waals surface area contributed by atoms with Crippen molar-refractivity contribution in [3.8, 4) is 0 Å². The van der Waals surface area contributed by atoms with Crippen LogP contribution in [0, 0.1) is 0 Å². The van der Waals surface area contributed by atoms with E-state index in [-0.39, 0.29) is 0 Å². The van der Waals surface area contributed by atoms with E-state index in [1.165, 1.54) is 0 Å². The summed E-state index contributed by atoms with van der Waals surface area (Å²) >= 11 is 21.1. The molecule has 0 aliphatic heterocycles. The van der Waals surface area contributed by atoms with Gasteiger partial charge in [0.2, 0.25) is 0 Å². The van der Waals surface area contributed by atoms with E-state index in [1.807, 2.05) is 42.6 Å². The van der Waals surface area contributed by atoms with E-state index in [9.17, 15) is 0 Å². The molecule has 0 atom stereocenters. The number of halogens is 3. The molecule has 0 bridgehead atoms. The van der Waals surface area contributed by atoms with Gasteiger partial charge in [0.25, 0.3) is 0 Å². The molecule has 8 heteroatoms. The van der Waals surface area contributed by atoms with Crippen molar-refractivity contribution in [2.45, 2.75) is 6.54 Å². The predicted molar refractivity (Wildman–Crippen MR) is 129 cm³/mol. The quantitative estimate of drug-likeness (QED) is 0.294. The fourth-order valence-electron chi connectivity index (χ4n) is 2.98. The third-order valence-corrected chi connectivity index (χ3v) is 5.84. The van der Waals surface area contributed by atoms with Crippen LogP contribution in [0.25, 0.3) is 10.8 Å². The van der Waals surface area contributed by atoms with Crippen molar-refractivity contribution >= 4 is 78.7 Å². The minimum atomic E-state index is 0.460. The number of hydrogen-bond acceptors (Lipinski definition) is 2. The number of hydrogen-bond donors (Lipinski definition) is 2. The molecule has 4 nitrogen and oxygen atoms in total. The highest BCUT2D eigenvalue weighted by Gasteiger charge is 2.10. The number of thiocarbonyl (C=S) groups is 1. The smallest absolute Gasteiger partial charge is 0.176 e. The summed E-state index contributed by atoms with van der Waals surface area (Å²) in [5.41, 5.74) is 1.93. The largest absolute Gasteiger partial charge is 0.332 e. The number of rotatable bonds is 4. The monoisotopic (exact) mass is 504 g/mol. The minimum Gasteiger partial charge on any atom is -0.332 e. The summed E-state index contributed by atoms with van der Waals surface area (Å²) in [5.74, 6) is 0.628. The van der Waals surface area contributed by atoms with E-state index in [2.05, 4.69) is 49.9 Å². The van der Waals surface area contributed by atoms with Gasteiger partial charge in [0.1, 0.15) is 0 Å². The number of anilines is 2. The third-order valence-electron chi connectivity index (χ3n) is 4.32. The highest BCUT2D eigenvalue weighted by Crippen LogP contribution is 2.26. The van der Waals surface area contributed by atoms with Crippen molar-refractivity contribution in [2.75, 3.05) is 10.6 Å². The van der Waals surface area contributed by atoms with E-state index in [4.69, 9.17) is 35.4 Å². The Balaban J connectivity index is 1.48. The van der Waals surface area contributed by atoms with Crippen molar-refractivity contribution in [1.82, 2.24) is 9.78 Å². The summed E-state index contributed by atoms with van der Waals surface area (Å²) in [7, 11) is 0. The van der Waals surface area contributed by atoms with Gasteiger partial charge in [-0.2, -0.15) is 5.10 Å². The average Bonchev–Trinajstić information content (AvgIpc) is 3.03. The molecular weight excluding hydrogens is 491 g/mol. The Bertz CT molecular complexity index is 1200. The summed E-state index contributed by atoms with van der Waals surface area (Å²) in [6.45, 7) is 0.556. The molecule has 4 aromatic rings. The summed E-state index contributed by atoms with van der Waals surface area (Å²) in [5, 5.41) is 14.7. The Morgan fingerprint density at radius 1 is 1.00 bits per heavy atom. The number of fused-ring (bicyclic) bond motifs is 1. The van der Waals surface area contributed by atoms with E-state index >= 15 is 0 Å². The Morgan fingerprint density at radius 2 is 1.79 bits per heavy atom. The fraction of sp³-hybridized carbons (Fsp3) is 0.0476. The van der Waals surface area contributed by atoms with Crippen LogP contribution in [-0.2, 0) is 6.54 Å². The Morgan fingerprint density at radius 3 is 2.62 bits per heavy atom. The maximum Gasteiger partial charge on any atom is 0.176 e. The van der Waals surface area contributed by atoms with Crippen molar-refractivity contribution in [3.05, 3.63) is 86.9 Å². The molecule has 0 unspecified atom stereocenters. The van der Waals surface area contributed by atoms with E-state index in [0.717, 1.165) is 26.5 Å². The molecule has 0 spiro atoms. The molecule has 0 amide bonds. The van der Waals surface area contributed by atoms with Gasteiger partial charge in [-0.15, -0.1) is 0 Å². The lowest BCUT2D eigenvalue weighted by Crippen LogP contribution is -2.20. The van der Waals surface area contributed by atoms with Crippen LogP contribution < -0.4 is 10.6 Å². The van der Waals surface area contributed by atoms with Crippen LogP contribution in [0.5, 0.6) is 0 Å². The van der Waals surface area contributed by atoms with Gasteiger partial charge in [-0.3, -0.25) is 4.68 Å². The first-order valence-corrected chi connectivity index (χ1v) is 10.7. The molecule has 2 N–H and O–H groups in total. The van der Waals surface area contributed by atoms with Gasteiger partial charge in [-0.25, -0.2) is 0 Å². The summed E-state index contributed by atoms with van der Waals surface area (Å²) < 4.78 is 2.60. The van der Waals surface area contributed by atoms with E-state index in [1.54, 1.807) is 10.7 Å². The molecule has 0 radical (unpaired) electrons. The lowest BCUT2D eigenvalue weighted by molar-refractivity contribution is 0.689. The van der Waals surface area contributed by atoms with Crippen LogP contribution in [0.3, 0.4) is 0 Å². The molecule has 0 aliphatic carbocycles. The van der Waals surface area contributed by atoms with Gasteiger partial charge in [-0.05, 0) is 57.3 Å². The van der Waals surface area contributed by atoms with Gasteiger partial charge >= 0.3 is 0 Å². The first kappa shape index (κ1) is 20.2. The predicted octanol–water partition coefficient (Wildman–Crippen LogP) is 6.96. The lowest BCUT2D eigenvalue weighted by Gasteiger charge is -2.11. The second-order valence-electron chi connectivity index (χ2n) is 6.38. The molecule has 0 saturated heterocycles. The zero-order chi connectivity index (χ0) is 20.4. The number of benzene rings is 3. The van der Waals surface area contributed by atoms with Gasteiger partial charge in [0, 0.05) is 17.3 Å². The van der Waals surface area contributed by atoms with Gasteiger partial charge < -0.3 is 10.6 Å². The molecule has 0 saturated carbocycles. The van der Waals surface area contributed by atoms with Crippen molar-refractivity contribution in [3.63, 3.8) is 0 Å². The molecule has 0 aliphatic rings. The molecule has 29 heavy (non-hydrogen) atoms. The second-order valence-corrected chi connectivity index (χ2v) is 8.45. The summed E-state index contributed by atoms with van der Waals surface area (Å²) in [6.07, 6.45) is 1.88. The van der Waals surface area contributed by atoms with Crippen LogP contribution in [0.15, 0.2) is 71.3 Å². The summed E-state index contributed by atoms with van der Waals surface area (Å²) in [4.78, 5) is 0. The van der Waals surface area contributed by atoms with Crippen molar-refractivity contribution in [1.29, 1.82) is 0 Å². The molecule has 3 aromatic carbocycles. The lowest BCUT2D eigenvalue weighted by atomic mass is 10.1. The Labute approximate surface area is 191 Å². The highest BCUT2D eigenvalue weighted by molar-refractivity contribution is 9.10. The number of nitrogens with zero attached hydrogens (tertiary/aromatic N) is 2. The normalized spacial score (nSPS) is 10.9. The van der Waals surface area contributed by atoms with Crippen LogP contribution in [-0.4, -0.2) is 14.9 Å². The SMILES string of the molecule is S=C(Nc1nn(Cc2ccc(Cl)c(Cl)c2)cc1Br)Nc1cccc2ccccc12. The Kier molecular flexibility index (Phi) is 6.06. The van der Waals surface area contributed by atoms with E-state index in [0.29, 0.717) is 27.5 Å². The molecule has 1 heterocycles. The maximum atomic E-state index is 6.10. The van der Waals surface area contributed by atoms with Crippen LogP contribution in [0.2, 0.25) is 10.0 Å². The van der Waals surface area contributed by atoms with Crippen LogP contribution in [0.4, 0.5) is 11.5 Å². The highest BCUT2D eigenvalue weighted by atomic mass is 79.9. The number of aromatic nitrogens is 2. The fourth-order valence-corrected chi connectivity index (χ4v) is 3.93. The van der Waals surface area contributed by atoms with Gasteiger partial charge in [-0.1, -0.05) is 65.7 Å². The third kappa shape index (κ3) is 4.73. The van der Waals surface area contributed by atoms with Crippen molar-refractivity contribution in [2.24, 2.45) is 0 Å². The van der Waals surface area contributed by atoms with Gasteiger partial charge in [0.05, 0.1) is 21.1 Å². The number of nitrogens with one attached hydrogen (secondary N) is 2. The summed E-state index contributed by atoms with van der Waals surface area (Å²) in [6, 6.07) is 19.7. The zero-order valence-electron chi connectivity index (χ0n) is 15.0. The van der Waals surface area contributed by atoms with Gasteiger partial charge in [0.15, 0.2) is 10.9 Å². The van der Waals surface area contributed by atoms with Crippen molar-refractivity contribution < 1.29 is 0 Å². The average molecular weight is 506 g/mol. The van der Waals surface area contributed by atoms with Crippen LogP contribution in [0.1, 0.15) is 5.56 Å². The minimum absolute atomic E-state index is 0.460. The first-order valence-electron chi connectivity index (χ1n) is 8.72. The first-order chi connectivity index (χ1) is 14.0. The Hall–Kier alpha value is -2.12. The van der Waals surface area contributed by atoms with E-state index < -0.39 is 0 Å². The molecule has 0 fully saturated rings. The zero-order valence-corrected chi connectivity index (χ0v) is 18.9. The standard InChI is InChI=1S/C21H15BrCl2N4S/c22-16-12-28(11-13-8-9-17(23)18(24)10-13)27-20(16)26-21(29)25-19-7-3-5-14-4-1-2-6-15(14)19/h1-10,12H,11H2,(H2,25,26,27,29).